The molecular weight excluding hydrogens is 214 g/mol. The van der Waals surface area contributed by atoms with E-state index in [0.29, 0.717) is 30.3 Å². The summed E-state index contributed by atoms with van der Waals surface area (Å²) in [5, 5.41) is 3.55. The lowest BCUT2D eigenvalue weighted by Crippen LogP contribution is -2.62. The van der Waals surface area contributed by atoms with Gasteiger partial charge in [0.05, 0.1) is 25.4 Å². The molecule has 0 aliphatic heterocycles. The Hall–Kier alpha value is -0.120. The Morgan fingerprint density at radius 1 is 1.29 bits per heavy atom. The van der Waals surface area contributed by atoms with Crippen LogP contribution in [0.15, 0.2) is 0 Å². The zero-order chi connectivity index (χ0) is 12.9. The van der Waals surface area contributed by atoms with E-state index < -0.39 is 0 Å². The van der Waals surface area contributed by atoms with E-state index >= 15 is 0 Å². The topological polar surface area (TPSA) is 30.5 Å². The molecule has 0 aromatic rings. The van der Waals surface area contributed by atoms with Crippen molar-refractivity contribution in [2.45, 2.75) is 65.7 Å². The minimum Gasteiger partial charge on any atom is -0.376 e. The van der Waals surface area contributed by atoms with E-state index in [4.69, 9.17) is 9.47 Å². The highest BCUT2D eigenvalue weighted by atomic mass is 16.5. The summed E-state index contributed by atoms with van der Waals surface area (Å²) in [5.74, 6) is 0. The van der Waals surface area contributed by atoms with Crippen LogP contribution >= 0.6 is 0 Å². The second-order valence-corrected chi connectivity index (χ2v) is 5.48. The summed E-state index contributed by atoms with van der Waals surface area (Å²) in [6.07, 6.45) is 3.00. The van der Waals surface area contributed by atoms with Crippen molar-refractivity contribution in [1.82, 2.24) is 5.32 Å². The normalized spacial score (nSPS) is 32.8. The van der Waals surface area contributed by atoms with E-state index in [2.05, 4.69) is 39.9 Å². The predicted molar refractivity (Wildman–Crippen MR) is 71.3 cm³/mol. The van der Waals surface area contributed by atoms with Gasteiger partial charge < -0.3 is 14.8 Å². The van der Waals surface area contributed by atoms with Crippen molar-refractivity contribution in [2.75, 3.05) is 19.8 Å². The zero-order valence-corrected chi connectivity index (χ0v) is 12.1. The lowest BCUT2D eigenvalue weighted by Gasteiger charge is -2.53. The molecule has 1 N–H and O–H groups in total. The molecule has 0 bridgehead atoms. The van der Waals surface area contributed by atoms with Crippen LogP contribution in [-0.2, 0) is 9.47 Å². The summed E-state index contributed by atoms with van der Waals surface area (Å²) < 4.78 is 11.4. The van der Waals surface area contributed by atoms with Crippen molar-refractivity contribution in [3.63, 3.8) is 0 Å². The van der Waals surface area contributed by atoms with E-state index in [1.165, 1.54) is 6.42 Å². The monoisotopic (exact) mass is 243 g/mol. The Morgan fingerprint density at radius 3 is 2.53 bits per heavy atom. The standard InChI is InChI=1S/C14H29NO2/c1-6-14(5)12(15-7-2)10-13(14)17-9-8-16-11(3)4/h11-13,15H,6-10H2,1-5H3. The smallest absolute Gasteiger partial charge is 0.0704 e. The molecule has 1 saturated carbocycles. The molecule has 0 radical (unpaired) electrons. The molecule has 3 heteroatoms. The highest BCUT2D eigenvalue weighted by Gasteiger charge is 2.50. The third-order valence-electron chi connectivity index (χ3n) is 4.05. The first-order chi connectivity index (χ1) is 8.04. The molecule has 0 saturated heterocycles. The Kier molecular flexibility index (Phi) is 5.90. The molecule has 3 unspecified atom stereocenters. The Balaban J connectivity index is 2.26. The van der Waals surface area contributed by atoms with Gasteiger partial charge in [-0.1, -0.05) is 20.8 Å². The van der Waals surface area contributed by atoms with Gasteiger partial charge in [0, 0.05) is 11.5 Å². The number of rotatable bonds is 8. The SMILES string of the molecule is CCNC1CC(OCCOC(C)C)C1(C)CC. The first-order valence-electron chi connectivity index (χ1n) is 7.01. The minimum atomic E-state index is 0.298. The van der Waals surface area contributed by atoms with Gasteiger partial charge >= 0.3 is 0 Å². The number of nitrogens with one attached hydrogen (secondary N) is 1. The molecule has 3 atom stereocenters. The van der Waals surface area contributed by atoms with Crippen LogP contribution in [0.2, 0.25) is 0 Å². The van der Waals surface area contributed by atoms with Gasteiger partial charge in [-0.05, 0) is 33.2 Å². The van der Waals surface area contributed by atoms with Crippen LogP contribution in [-0.4, -0.2) is 38.0 Å². The van der Waals surface area contributed by atoms with E-state index in [1.54, 1.807) is 0 Å². The molecular formula is C14H29NO2. The van der Waals surface area contributed by atoms with Crippen LogP contribution in [0.3, 0.4) is 0 Å². The van der Waals surface area contributed by atoms with Crippen LogP contribution < -0.4 is 5.32 Å². The van der Waals surface area contributed by atoms with Gasteiger partial charge in [0.15, 0.2) is 0 Å². The van der Waals surface area contributed by atoms with Crippen LogP contribution in [0.4, 0.5) is 0 Å². The zero-order valence-electron chi connectivity index (χ0n) is 12.1. The summed E-state index contributed by atoms with van der Waals surface area (Å²) >= 11 is 0. The molecule has 1 fully saturated rings. The number of ether oxygens (including phenoxy) is 2. The average Bonchev–Trinajstić information content (AvgIpc) is 2.30. The average molecular weight is 243 g/mol. The maximum absolute atomic E-state index is 5.95. The molecule has 3 nitrogen and oxygen atoms in total. The van der Waals surface area contributed by atoms with Crippen LogP contribution in [0, 0.1) is 5.41 Å². The molecule has 1 rings (SSSR count). The fourth-order valence-corrected chi connectivity index (χ4v) is 2.59. The van der Waals surface area contributed by atoms with Gasteiger partial charge in [-0.15, -0.1) is 0 Å². The summed E-state index contributed by atoms with van der Waals surface area (Å²) in [6.45, 7) is 13.3. The van der Waals surface area contributed by atoms with Gasteiger partial charge in [-0.25, -0.2) is 0 Å². The highest BCUT2D eigenvalue weighted by molar-refractivity contribution is 5.04. The molecule has 0 spiro atoms. The van der Waals surface area contributed by atoms with Gasteiger partial charge in [0.2, 0.25) is 0 Å². The molecule has 102 valence electrons. The van der Waals surface area contributed by atoms with Gasteiger partial charge in [-0.3, -0.25) is 0 Å². The third kappa shape index (κ3) is 3.67. The van der Waals surface area contributed by atoms with E-state index in [1.807, 2.05) is 0 Å². The summed E-state index contributed by atoms with van der Waals surface area (Å²) in [5.41, 5.74) is 0.299. The summed E-state index contributed by atoms with van der Waals surface area (Å²) in [6, 6.07) is 0.619. The molecule has 1 aliphatic carbocycles. The quantitative estimate of drug-likeness (QED) is 0.665. The van der Waals surface area contributed by atoms with Crippen molar-refractivity contribution in [2.24, 2.45) is 5.41 Å². The summed E-state index contributed by atoms with van der Waals surface area (Å²) in [7, 11) is 0. The second kappa shape index (κ2) is 6.72. The maximum atomic E-state index is 5.95. The fourth-order valence-electron chi connectivity index (χ4n) is 2.59. The van der Waals surface area contributed by atoms with Gasteiger partial charge in [0.25, 0.3) is 0 Å². The van der Waals surface area contributed by atoms with Gasteiger partial charge in [0.1, 0.15) is 0 Å². The molecule has 0 aromatic carbocycles. The lowest BCUT2D eigenvalue weighted by molar-refractivity contribution is -0.139. The Bertz CT molecular complexity index is 220. The van der Waals surface area contributed by atoms with Crippen LogP contribution in [0.5, 0.6) is 0 Å². The van der Waals surface area contributed by atoms with E-state index in [-0.39, 0.29) is 0 Å². The maximum Gasteiger partial charge on any atom is 0.0704 e. The predicted octanol–water partition coefficient (Wildman–Crippen LogP) is 2.59. The first kappa shape index (κ1) is 14.9. The van der Waals surface area contributed by atoms with Crippen molar-refractivity contribution >= 4 is 0 Å². The minimum absolute atomic E-state index is 0.298. The largest absolute Gasteiger partial charge is 0.376 e. The van der Waals surface area contributed by atoms with E-state index in [0.717, 1.165) is 19.6 Å². The van der Waals surface area contributed by atoms with Crippen molar-refractivity contribution < 1.29 is 9.47 Å². The number of hydrogen-bond donors (Lipinski definition) is 1. The number of hydrogen-bond acceptors (Lipinski definition) is 3. The molecule has 17 heavy (non-hydrogen) atoms. The van der Waals surface area contributed by atoms with Crippen LogP contribution in [0.1, 0.15) is 47.5 Å². The molecule has 0 aromatic heterocycles. The van der Waals surface area contributed by atoms with Crippen LogP contribution in [0.25, 0.3) is 0 Å². The van der Waals surface area contributed by atoms with Gasteiger partial charge in [-0.2, -0.15) is 0 Å². The first-order valence-corrected chi connectivity index (χ1v) is 7.01. The lowest BCUT2D eigenvalue weighted by atomic mass is 9.61. The Labute approximate surface area is 106 Å². The van der Waals surface area contributed by atoms with Crippen molar-refractivity contribution in [3.05, 3.63) is 0 Å². The Morgan fingerprint density at radius 2 is 2.00 bits per heavy atom. The van der Waals surface area contributed by atoms with Crippen molar-refractivity contribution in [1.29, 1.82) is 0 Å². The summed E-state index contributed by atoms with van der Waals surface area (Å²) in [4.78, 5) is 0. The second-order valence-electron chi connectivity index (χ2n) is 5.48. The fraction of sp³-hybridized carbons (Fsp3) is 1.00. The molecule has 0 heterocycles. The molecule has 0 amide bonds. The molecule has 1 aliphatic rings. The van der Waals surface area contributed by atoms with Crippen molar-refractivity contribution in [3.8, 4) is 0 Å². The third-order valence-corrected chi connectivity index (χ3v) is 4.05. The van der Waals surface area contributed by atoms with E-state index in [9.17, 15) is 0 Å². The highest BCUT2D eigenvalue weighted by Crippen LogP contribution is 2.45.